The maximum atomic E-state index is 15.3. The van der Waals surface area contributed by atoms with Crippen molar-refractivity contribution in [1.29, 1.82) is 0 Å². The molecule has 1 aromatic heterocycles. The lowest BCUT2D eigenvalue weighted by Gasteiger charge is -2.40. The summed E-state index contributed by atoms with van der Waals surface area (Å²) in [5.41, 5.74) is -0.562. The number of anilines is 1. The standard InChI is InChI=1S/C25H31BrClFN6O3/c1-25(2,3)37-24(35)34-10-9-33(13-16(34)12-29-4)22-17-11-18(27)19(26)20(28)21(17)30-23(31-22)36-14-15-7-6-8-32(15)5/h11,15-16H,6-10,12-14H2,1-3,5H3/t15-,16-/m0/s1. The number of carbonyl (C=O) groups excluding carboxylic acids is 1. The molecule has 1 amide bonds. The van der Waals surface area contributed by atoms with Crippen LogP contribution in [-0.2, 0) is 4.74 Å². The number of halogens is 3. The summed E-state index contributed by atoms with van der Waals surface area (Å²) in [7, 11) is 2.05. The summed E-state index contributed by atoms with van der Waals surface area (Å²) in [6.45, 7) is 15.4. The molecule has 0 radical (unpaired) electrons. The minimum Gasteiger partial charge on any atom is -0.462 e. The minimum atomic E-state index is -0.652. The van der Waals surface area contributed by atoms with Crippen LogP contribution in [0, 0.1) is 12.4 Å². The number of carbonyl (C=O) groups is 1. The van der Waals surface area contributed by atoms with Gasteiger partial charge in [-0.25, -0.2) is 15.8 Å². The van der Waals surface area contributed by atoms with Crippen molar-refractivity contribution in [1.82, 2.24) is 19.8 Å². The van der Waals surface area contributed by atoms with E-state index in [9.17, 15) is 4.79 Å². The molecule has 0 unspecified atom stereocenters. The van der Waals surface area contributed by atoms with E-state index < -0.39 is 23.6 Å². The molecular weight excluding hydrogens is 567 g/mol. The normalized spacial score (nSPS) is 20.8. The molecule has 2 fully saturated rings. The van der Waals surface area contributed by atoms with Crippen molar-refractivity contribution in [3.8, 4) is 6.01 Å². The van der Waals surface area contributed by atoms with Crippen LogP contribution in [0.5, 0.6) is 6.01 Å². The maximum absolute atomic E-state index is 15.3. The number of benzene rings is 1. The minimum absolute atomic E-state index is 0.0761. The van der Waals surface area contributed by atoms with Crippen LogP contribution in [0.2, 0.25) is 5.02 Å². The highest BCUT2D eigenvalue weighted by molar-refractivity contribution is 9.10. The number of hydrogen-bond donors (Lipinski definition) is 0. The molecule has 2 aliphatic heterocycles. The summed E-state index contributed by atoms with van der Waals surface area (Å²) in [5.74, 6) is -0.147. The Hall–Kier alpha value is -2.42. The first-order valence-electron chi connectivity index (χ1n) is 12.2. The summed E-state index contributed by atoms with van der Waals surface area (Å²) < 4.78 is 27.0. The van der Waals surface area contributed by atoms with Gasteiger partial charge < -0.3 is 24.1 Å². The number of nitrogens with zero attached hydrogens (tertiary/aromatic N) is 6. The summed E-state index contributed by atoms with van der Waals surface area (Å²) >= 11 is 9.51. The van der Waals surface area contributed by atoms with E-state index in [-0.39, 0.29) is 33.6 Å². The largest absolute Gasteiger partial charge is 0.462 e. The Labute approximate surface area is 229 Å². The number of hydrogen-bond acceptors (Lipinski definition) is 7. The number of likely N-dealkylation sites (tertiary alicyclic amines) is 1. The number of fused-ring (bicyclic) bond motifs is 1. The molecule has 3 heterocycles. The van der Waals surface area contributed by atoms with E-state index in [0.29, 0.717) is 37.4 Å². The highest BCUT2D eigenvalue weighted by atomic mass is 79.9. The second kappa shape index (κ2) is 11.1. The molecule has 200 valence electrons. The topological polar surface area (TPSA) is 75.4 Å². The van der Waals surface area contributed by atoms with E-state index in [1.165, 1.54) is 0 Å². The Morgan fingerprint density at radius 3 is 2.70 bits per heavy atom. The van der Waals surface area contributed by atoms with Crippen molar-refractivity contribution < 1.29 is 18.7 Å². The van der Waals surface area contributed by atoms with Gasteiger partial charge in [0.1, 0.15) is 29.6 Å². The van der Waals surface area contributed by atoms with Gasteiger partial charge in [0, 0.05) is 31.1 Å². The number of piperazine rings is 1. The molecule has 4 rings (SSSR count). The van der Waals surface area contributed by atoms with E-state index in [1.54, 1.807) is 31.7 Å². The highest BCUT2D eigenvalue weighted by Gasteiger charge is 2.36. The van der Waals surface area contributed by atoms with Crippen LogP contribution in [0.15, 0.2) is 10.5 Å². The third-order valence-electron chi connectivity index (χ3n) is 6.58. The second-order valence-electron chi connectivity index (χ2n) is 10.4. The smallest absolute Gasteiger partial charge is 0.410 e. The maximum Gasteiger partial charge on any atom is 0.410 e. The Bertz CT molecular complexity index is 1220. The van der Waals surface area contributed by atoms with Gasteiger partial charge in [-0.05, 0) is 69.2 Å². The molecule has 0 N–H and O–H groups in total. The first-order chi connectivity index (χ1) is 17.5. The fourth-order valence-corrected chi connectivity index (χ4v) is 5.17. The van der Waals surface area contributed by atoms with Crippen molar-refractivity contribution >= 4 is 50.3 Å². The van der Waals surface area contributed by atoms with Crippen LogP contribution in [0.25, 0.3) is 15.7 Å². The molecule has 1 aromatic carbocycles. The predicted octanol–water partition coefficient (Wildman–Crippen LogP) is 5.00. The summed E-state index contributed by atoms with van der Waals surface area (Å²) in [5, 5.41) is 0.629. The van der Waals surface area contributed by atoms with E-state index >= 15 is 4.39 Å². The Kier molecular flexibility index (Phi) is 8.31. The molecule has 2 saturated heterocycles. The highest BCUT2D eigenvalue weighted by Crippen LogP contribution is 2.37. The van der Waals surface area contributed by atoms with E-state index in [4.69, 9.17) is 27.6 Å². The number of rotatable bonds is 5. The van der Waals surface area contributed by atoms with Gasteiger partial charge in [0.25, 0.3) is 0 Å². The number of likely N-dealkylation sites (N-methyl/N-ethyl adjacent to an activating group) is 1. The Balaban J connectivity index is 1.67. The first kappa shape index (κ1) is 27.6. The molecule has 2 aliphatic rings. The lowest BCUT2D eigenvalue weighted by molar-refractivity contribution is 0.0156. The monoisotopic (exact) mass is 596 g/mol. The van der Waals surface area contributed by atoms with Crippen LogP contribution in [0.4, 0.5) is 15.0 Å². The van der Waals surface area contributed by atoms with Crippen molar-refractivity contribution in [3.63, 3.8) is 0 Å². The molecule has 2 atom stereocenters. The van der Waals surface area contributed by atoms with Gasteiger partial charge in [0.05, 0.1) is 9.50 Å². The van der Waals surface area contributed by atoms with Gasteiger partial charge in [-0.15, -0.1) is 0 Å². The van der Waals surface area contributed by atoms with Gasteiger partial charge in [0.2, 0.25) is 6.54 Å². The SMILES string of the molecule is [C-]#[N+]C[C@H]1CN(c2nc(OC[C@@H]3CCCN3C)nc3c(F)c(Br)c(Cl)cc23)CCN1C(=O)OC(C)(C)C. The third-order valence-corrected chi connectivity index (χ3v) is 7.88. The number of aromatic nitrogens is 2. The van der Waals surface area contributed by atoms with E-state index in [2.05, 4.69) is 35.6 Å². The zero-order valence-electron chi connectivity index (χ0n) is 21.4. The van der Waals surface area contributed by atoms with Crippen LogP contribution < -0.4 is 9.64 Å². The fourth-order valence-electron chi connectivity index (χ4n) is 4.67. The summed E-state index contributed by atoms with van der Waals surface area (Å²) in [6.07, 6.45) is 1.65. The molecule has 0 aliphatic carbocycles. The molecule has 0 bridgehead atoms. The zero-order chi connectivity index (χ0) is 26.9. The van der Waals surface area contributed by atoms with Gasteiger partial charge in [-0.2, -0.15) is 9.97 Å². The number of ether oxygens (including phenoxy) is 2. The van der Waals surface area contributed by atoms with Crippen LogP contribution in [0.1, 0.15) is 33.6 Å². The van der Waals surface area contributed by atoms with E-state index in [0.717, 1.165) is 19.4 Å². The summed E-state index contributed by atoms with van der Waals surface area (Å²) in [4.78, 5) is 31.2. The lowest BCUT2D eigenvalue weighted by atomic mass is 10.1. The average Bonchev–Trinajstić information content (AvgIpc) is 3.25. The first-order valence-corrected chi connectivity index (χ1v) is 13.4. The molecule has 0 spiro atoms. The molecule has 2 aromatic rings. The Morgan fingerprint density at radius 1 is 1.30 bits per heavy atom. The van der Waals surface area contributed by atoms with Gasteiger partial charge in [0.15, 0.2) is 5.82 Å². The molecule has 37 heavy (non-hydrogen) atoms. The molecular formula is C25H31BrClFN6O3. The quantitative estimate of drug-likeness (QED) is 0.355. The predicted molar refractivity (Wildman–Crippen MR) is 144 cm³/mol. The van der Waals surface area contributed by atoms with Crippen LogP contribution in [0.3, 0.4) is 0 Å². The van der Waals surface area contributed by atoms with Crippen molar-refractivity contribution in [2.45, 2.75) is 51.3 Å². The molecule has 0 saturated carbocycles. The summed E-state index contributed by atoms with van der Waals surface area (Å²) in [6, 6.07) is 1.51. The van der Waals surface area contributed by atoms with Gasteiger partial charge >= 0.3 is 12.1 Å². The molecule has 9 nitrogen and oxygen atoms in total. The van der Waals surface area contributed by atoms with Crippen molar-refractivity contribution in [2.24, 2.45) is 0 Å². The lowest BCUT2D eigenvalue weighted by Crippen LogP contribution is -2.57. The zero-order valence-corrected chi connectivity index (χ0v) is 23.8. The fraction of sp³-hybridized carbons (Fsp3) is 0.600. The van der Waals surface area contributed by atoms with Crippen molar-refractivity contribution in [2.75, 3.05) is 51.3 Å². The average molecular weight is 598 g/mol. The van der Waals surface area contributed by atoms with Crippen molar-refractivity contribution in [3.05, 3.63) is 32.8 Å². The van der Waals surface area contributed by atoms with Crippen LogP contribution in [-0.4, -0.2) is 89.9 Å². The van der Waals surface area contributed by atoms with E-state index in [1.807, 2.05) is 11.9 Å². The number of amides is 1. The third kappa shape index (κ3) is 6.19. The van der Waals surface area contributed by atoms with Crippen LogP contribution >= 0.6 is 27.5 Å². The second-order valence-corrected chi connectivity index (χ2v) is 11.6. The van der Waals surface area contributed by atoms with Gasteiger partial charge in [-0.1, -0.05) is 11.6 Å². The molecule has 12 heteroatoms. The van der Waals surface area contributed by atoms with Gasteiger partial charge in [-0.3, -0.25) is 4.90 Å². The Morgan fingerprint density at radius 2 is 2.05 bits per heavy atom.